The standard InChI is InChI=1S/C23H24N8O4/c1-14-17(2-3-18-19(14)12-35-23(18)33)20-10-29-4-5-30(9-16(29)11-34-20)22(32)6-15-7-25-21(8-24-15)31-13-26-27-28-31/h2-3,7-8,13,16,20H,4-6,9-12H2,1H3/t16-,20+/m1/s1. The van der Waals surface area contributed by atoms with Crippen LogP contribution in [-0.4, -0.2) is 90.7 Å². The summed E-state index contributed by atoms with van der Waals surface area (Å²) >= 11 is 0. The topological polar surface area (TPSA) is 128 Å². The van der Waals surface area contributed by atoms with Crippen molar-refractivity contribution < 1.29 is 19.1 Å². The molecule has 12 heteroatoms. The van der Waals surface area contributed by atoms with Crippen molar-refractivity contribution in [3.05, 3.63) is 58.8 Å². The molecule has 3 aromatic rings. The Morgan fingerprint density at radius 1 is 1.17 bits per heavy atom. The van der Waals surface area contributed by atoms with E-state index in [1.54, 1.807) is 12.4 Å². The number of piperazine rings is 1. The van der Waals surface area contributed by atoms with Crippen LogP contribution in [0.25, 0.3) is 5.82 Å². The van der Waals surface area contributed by atoms with E-state index in [9.17, 15) is 9.59 Å². The third-order valence-corrected chi connectivity index (χ3v) is 7.01. The number of esters is 1. The van der Waals surface area contributed by atoms with E-state index in [-0.39, 0.29) is 30.4 Å². The molecule has 12 nitrogen and oxygen atoms in total. The number of rotatable bonds is 4. The Morgan fingerprint density at radius 3 is 2.89 bits per heavy atom. The fourth-order valence-corrected chi connectivity index (χ4v) is 5.01. The molecule has 1 aromatic carbocycles. The highest BCUT2D eigenvalue weighted by atomic mass is 16.5. The van der Waals surface area contributed by atoms with Gasteiger partial charge >= 0.3 is 5.97 Å². The molecule has 1 amide bonds. The van der Waals surface area contributed by atoms with Gasteiger partial charge in [-0.3, -0.25) is 14.7 Å². The highest BCUT2D eigenvalue weighted by Gasteiger charge is 2.37. The third-order valence-electron chi connectivity index (χ3n) is 7.01. The van der Waals surface area contributed by atoms with Gasteiger partial charge in [0.05, 0.1) is 48.8 Å². The number of fused-ring (bicyclic) bond motifs is 2. The van der Waals surface area contributed by atoms with E-state index in [1.165, 1.54) is 11.0 Å². The monoisotopic (exact) mass is 476 g/mol. The lowest BCUT2D eigenvalue weighted by molar-refractivity contribution is -0.139. The first kappa shape index (κ1) is 21.7. The van der Waals surface area contributed by atoms with Gasteiger partial charge in [0.2, 0.25) is 5.91 Å². The van der Waals surface area contributed by atoms with E-state index in [0.29, 0.717) is 43.4 Å². The smallest absolute Gasteiger partial charge is 0.338 e. The Hall–Kier alpha value is -3.77. The van der Waals surface area contributed by atoms with Crippen molar-refractivity contribution in [1.29, 1.82) is 0 Å². The summed E-state index contributed by atoms with van der Waals surface area (Å²) in [5, 5.41) is 10.9. The van der Waals surface area contributed by atoms with E-state index < -0.39 is 0 Å². The molecule has 2 saturated heterocycles. The van der Waals surface area contributed by atoms with Crippen molar-refractivity contribution in [1.82, 2.24) is 40.0 Å². The summed E-state index contributed by atoms with van der Waals surface area (Å²) in [6.07, 6.45) is 4.69. The number of hydrogen-bond donors (Lipinski definition) is 0. The number of amides is 1. The lowest BCUT2D eigenvalue weighted by Crippen LogP contribution is -2.59. The first-order valence-corrected chi connectivity index (χ1v) is 11.5. The highest BCUT2D eigenvalue weighted by molar-refractivity contribution is 5.94. The first-order valence-electron chi connectivity index (χ1n) is 11.5. The molecule has 3 aliphatic rings. The third kappa shape index (κ3) is 4.04. The molecule has 0 spiro atoms. The zero-order chi connectivity index (χ0) is 23.9. The van der Waals surface area contributed by atoms with Gasteiger partial charge < -0.3 is 14.4 Å². The molecular weight excluding hydrogens is 452 g/mol. The molecule has 3 aliphatic heterocycles. The maximum absolute atomic E-state index is 12.9. The molecule has 0 unspecified atom stereocenters. The summed E-state index contributed by atoms with van der Waals surface area (Å²) in [5.41, 5.74) is 4.38. The van der Waals surface area contributed by atoms with Crippen molar-refractivity contribution >= 4 is 11.9 Å². The van der Waals surface area contributed by atoms with Gasteiger partial charge in [-0.25, -0.2) is 9.78 Å². The normalized spacial score (nSPS) is 22.0. The summed E-state index contributed by atoms with van der Waals surface area (Å²) in [7, 11) is 0. The molecule has 2 fully saturated rings. The maximum Gasteiger partial charge on any atom is 0.338 e. The number of cyclic esters (lactones) is 1. The van der Waals surface area contributed by atoms with E-state index in [4.69, 9.17) is 9.47 Å². The molecule has 0 N–H and O–H groups in total. The van der Waals surface area contributed by atoms with Crippen molar-refractivity contribution in [2.75, 3.05) is 32.8 Å². The first-order chi connectivity index (χ1) is 17.1. The number of carbonyl (C=O) groups is 2. The quantitative estimate of drug-likeness (QED) is 0.484. The number of hydrogen-bond acceptors (Lipinski definition) is 10. The van der Waals surface area contributed by atoms with E-state index in [2.05, 4.69) is 30.4 Å². The van der Waals surface area contributed by atoms with Gasteiger partial charge in [0.25, 0.3) is 0 Å². The van der Waals surface area contributed by atoms with Crippen LogP contribution in [0.1, 0.15) is 38.8 Å². The predicted molar refractivity (Wildman–Crippen MR) is 119 cm³/mol. The summed E-state index contributed by atoms with van der Waals surface area (Å²) < 4.78 is 12.8. The molecule has 2 atom stereocenters. The van der Waals surface area contributed by atoms with Crippen LogP contribution in [0, 0.1) is 6.92 Å². The molecule has 5 heterocycles. The van der Waals surface area contributed by atoms with Gasteiger partial charge in [-0.05, 0) is 34.5 Å². The second kappa shape index (κ2) is 8.78. The molecule has 0 saturated carbocycles. The lowest BCUT2D eigenvalue weighted by Gasteiger charge is -2.46. The van der Waals surface area contributed by atoms with Gasteiger partial charge in [-0.15, -0.1) is 5.10 Å². The number of aromatic nitrogens is 6. The number of ether oxygens (including phenoxy) is 2. The molecule has 0 aliphatic carbocycles. The number of nitrogens with zero attached hydrogens (tertiary/aromatic N) is 8. The van der Waals surface area contributed by atoms with Crippen molar-refractivity contribution in [2.24, 2.45) is 0 Å². The second-order valence-electron chi connectivity index (χ2n) is 8.99. The number of benzene rings is 1. The second-order valence-corrected chi connectivity index (χ2v) is 8.99. The van der Waals surface area contributed by atoms with Crippen LogP contribution in [0.15, 0.2) is 30.9 Å². The maximum atomic E-state index is 12.9. The Morgan fingerprint density at radius 2 is 2.09 bits per heavy atom. The SMILES string of the molecule is Cc1c([C@@H]2CN3CCN(C(=O)Cc4cnc(-n5cnnn5)cn4)C[C@@H]3CO2)ccc2c1COC2=O. The van der Waals surface area contributed by atoms with Crippen molar-refractivity contribution in [2.45, 2.75) is 32.1 Å². The van der Waals surface area contributed by atoms with Crippen LogP contribution in [0.5, 0.6) is 0 Å². The summed E-state index contributed by atoms with van der Waals surface area (Å²) in [6.45, 7) is 5.71. The molecule has 0 radical (unpaired) electrons. The van der Waals surface area contributed by atoms with Crippen LogP contribution in [0.3, 0.4) is 0 Å². The average molecular weight is 476 g/mol. The highest BCUT2D eigenvalue weighted by Crippen LogP contribution is 2.33. The minimum atomic E-state index is -0.255. The molecule has 35 heavy (non-hydrogen) atoms. The van der Waals surface area contributed by atoms with Gasteiger partial charge in [0.15, 0.2) is 5.82 Å². The minimum Gasteiger partial charge on any atom is -0.457 e. The summed E-state index contributed by atoms with van der Waals surface area (Å²) in [6, 6.07) is 3.98. The molecule has 0 bridgehead atoms. The zero-order valence-corrected chi connectivity index (χ0v) is 19.2. The van der Waals surface area contributed by atoms with Crippen LogP contribution < -0.4 is 0 Å². The van der Waals surface area contributed by atoms with Crippen LogP contribution in [0.2, 0.25) is 0 Å². The van der Waals surface area contributed by atoms with E-state index >= 15 is 0 Å². The minimum absolute atomic E-state index is 0.0235. The van der Waals surface area contributed by atoms with Crippen LogP contribution >= 0.6 is 0 Å². The fraction of sp³-hybridized carbons (Fsp3) is 0.435. The van der Waals surface area contributed by atoms with Crippen molar-refractivity contribution in [3.63, 3.8) is 0 Å². The Balaban J connectivity index is 1.07. The predicted octanol–water partition coefficient (Wildman–Crippen LogP) is 0.258. The molecule has 2 aromatic heterocycles. The largest absolute Gasteiger partial charge is 0.457 e. The molecule has 6 rings (SSSR count). The average Bonchev–Trinajstić information content (AvgIpc) is 3.55. The number of carbonyl (C=O) groups excluding carboxylic acids is 2. The Bertz CT molecular complexity index is 1260. The zero-order valence-electron chi connectivity index (χ0n) is 19.2. The summed E-state index contributed by atoms with van der Waals surface area (Å²) in [4.78, 5) is 37.7. The molecular formula is C23H24N8O4. The van der Waals surface area contributed by atoms with Gasteiger partial charge in [0.1, 0.15) is 12.9 Å². The molecule has 180 valence electrons. The van der Waals surface area contributed by atoms with Crippen LogP contribution in [-0.2, 0) is 27.3 Å². The number of morpholine rings is 1. The van der Waals surface area contributed by atoms with Gasteiger partial charge in [0, 0.05) is 31.7 Å². The fourth-order valence-electron chi connectivity index (χ4n) is 5.01. The lowest BCUT2D eigenvalue weighted by atomic mass is 9.94. The number of tetrazole rings is 1. The Kier molecular flexibility index (Phi) is 5.46. The van der Waals surface area contributed by atoms with E-state index in [1.807, 2.05) is 24.0 Å². The van der Waals surface area contributed by atoms with Gasteiger partial charge in [-0.2, -0.15) is 4.68 Å². The van der Waals surface area contributed by atoms with Gasteiger partial charge in [-0.1, -0.05) is 6.07 Å². The summed E-state index contributed by atoms with van der Waals surface area (Å²) in [5.74, 6) is 0.260. The Labute approximate surface area is 200 Å². The van der Waals surface area contributed by atoms with Crippen LogP contribution in [0.4, 0.5) is 0 Å². The van der Waals surface area contributed by atoms with E-state index in [0.717, 1.165) is 29.8 Å². The van der Waals surface area contributed by atoms with Crippen molar-refractivity contribution in [3.8, 4) is 5.82 Å².